The Balaban J connectivity index is 1.74. The fourth-order valence-electron chi connectivity index (χ4n) is 3.32. The van der Waals surface area contributed by atoms with Gasteiger partial charge in [-0.2, -0.15) is 0 Å². The molecule has 0 aliphatic carbocycles. The number of amides is 1. The molecular formula is C18H22N6O2. The summed E-state index contributed by atoms with van der Waals surface area (Å²) in [6, 6.07) is 5.61. The van der Waals surface area contributed by atoms with E-state index in [0.717, 1.165) is 42.6 Å². The van der Waals surface area contributed by atoms with Gasteiger partial charge in [-0.1, -0.05) is 0 Å². The first kappa shape index (κ1) is 16.9. The van der Waals surface area contributed by atoms with Gasteiger partial charge < -0.3 is 19.1 Å². The summed E-state index contributed by atoms with van der Waals surface area (Å²) in [7, 11) is 3.75. The Morgan fingerprint density at radius 1 is 1.19 bits per heavy atom. The van der Waals surface area contributed by atoms with Crippen LogP contribution in [0, 0.1) is 0 Å². The molecule has 1 saturated heterocycles. The largest absolute Gasteiger partial charge is 0.383 e. The van der Waals surface area contributed by atoms with Gasteiger partial charge in [0.05, 0.1) is 24.0 Å². The molecule has 0 N–H and O–H groups in total. The highest BCUT2D eigenvalue weighted by molar-refractivity contribution is 6.05. The molecule has 3 heterocycles. The molecule has 1 aromatic carbocycles. The number of carbonyl (C=O) groups is 1. The summed E-state index contributed by atoms with van der Waals surface area (Å²) < 4.78 is 7.18. The number of piperazine rings is 1. The number of hydrogen-bond donors (Lipinski definition) is 0. The maximum absolute atomic E-state index is 12.9. The first-order chi connectivity index (χ1) is 12.7. The van der Waals surface area contributed by atoms with Crippen LogP contribution in [0.25, 0.3) is 22.1 Å². The average molecular weight is 354 g/mol. The van der Waals surface area contributed by atoms with E-state index in [4.69, 9.17) is 4.74 Å². The topological polar surface area (TPSA) is 76.4 Å². The molecule has 0 radical (unpaired) electrons. The molecule has 0 unspecified atom stereocenters. The number of methoxy groups -OCH3 is 1. The van der Waals surface area contributed by atoms with Crippen LogP contribution in [0.1, 0.15) is 10.4 Å². The molecule has 0 bridgehead atoms. The number of rotatable bonds is 4. The smallest absolute Gasteiger partial charge is 0.253 e. The Hall–Kier alpha value is -2.58. The number of likely N-dealkylation sites (N-methyl/N-ethyl adjacent to an activating group) is 1. The quantitative estimate of drug-likeness (QED) is 0.696. The SMILES string of the molecule is COCCn1cnc2nnc3ccc(C(=O)N4CCN(C)CC4)cc3c21. The summed E-state index contributed by atoms with van der Waals surface area (Å²) in [5, 5.41) is 9.32. The van der Waals surface area contributed by atoms with Crippen molar-refractivity contribution >= 4 is 28.0 Å². The molecule has 136 valence electrons. The van der Waals surface area contributed by atoms with Crippen molar-refractivity contribution in [2.75, 3.05) is 46.9 Å². The van der Waals surface area contributed by atoms with Gasteiger partial charge in [-0.3, -0.25) is 4.79 Å². The standard InChI is InChI=1S/C18H22N6O2/c1-22-5-7-23(8-6-22)18(25)13-3-4-15-14(11-13)16-17(21-20-15)19-12-24(16)9-10-26-2/h3-4,11-12H,5-10H2,1-2H3. The summed E-state index contributed by atoms with van der Waals surface area (Å²) in [5.41, 5.74) is 2.90. The third-order valence-corrected chi connectivity index (χ3v) is 4.90. The van der Waals surface area contributed by atoms with Crippen LogP contribution in [0.4, 0.5) is 0 Å². The number of fused-ring (bicyclic) bond motifs is 3. The molecule has 1 amide bonds. The highest BCUT2D eigenvalue weighted by Gasteiger charge is 2.21. The minimum Gasteiger partial charge on any atom is -0.383 e. The van der Waals surface area contributed by atoms with E-state index in [9.17, 15) is 4.79 Å². The van der Waals surface area contributed by atoms with Crippen molar-refractivity contribution in [3.05, 3.63) is 30.1 Å². The molecule has 8 nitrogen and oxygen atoms in total. The molecule has 1 aliphatic rings. The van der Waals surface area contributed by atoms with Crippen LogP contribution in [-0.2, 0) is 11.3 Å². The summed E-state index contributed by atoms with van der Waals surface area (Å²) >= 11 is 0. The zero-order valence-electron chi connectivity index (χ0n) is 15.1. The second kappa shape index (κ2) is 6.97. The zero-order valence-corrected chi connectivity index (χ0v) is 15.1. The van der Waals surface area contributed by atoms with Gasteiger partial charge in [0, 0.05) is 50.8 Å². The van der Waals surface area contributed by atoms with Gasteiger partial charge in [-0.25, -0.2) is 4.98 Å². The van der Waals surface area contributed by atoms with Gasteiger partial charge in [0.1, 0.15) is 0 Å². The molecule has 26 heavy (non-hydrogen) atoms. The second-order valence-corrected chi connectivity index (χ2v) is 6.63. The lowest BCUT2D eigenvalue weighted by atomic mass is 10.1. The molecule has 8 heteroatoms. The fourth-order valence-corrected chi connectivity index (χ4v) is 3.32. The highest BCUT2D eigenvalue weighted by Crippen LogP contribution is 2.23. The fraction of sp³-hybridized carbons (Fsp3) is 0.444. The lowest BCUT2D eigenvalue weighted by Crippen LogP contribution is -2.47. The Morgan fingerprint density at radius 3 is 2.77 bits per heavy atom. The lowest BCUT2D eigenvalue weighted by Gasteiger charge is -2.32. The van der Waals surface area contributed by atoms with Crippen LogP contribution in [-0.4, -0.2) is 82.4 Å². The highest BCUT2D eigenvalue weighted by atomic mass is 16.5. The Bertz CT molecular complexity index is 945. The minimum absolute atomic E-state index is 0.0629. The van der Waals surface area contributed by atoms with Gasteiger partial charge in [0.25, 0.3) is 5.91 Å². The Labute approximate surface area is 151 Å². The first-order valence-electron chi connectivity index (χ1n) is 8.75. The predicted octanol–water partition coefficient (Wildman–Crippen LogP) is 1.01. The van der Waals surface area contributed by atoms with Crippen molar-refractivity contribution < 1.29 is 9.53 Å². The van der Waals surface area contributed by atoms with Gasteiger partial charge in [-0.05, 0) is 25.2 Å². The maximum Gasteiger partial charge on any atom is 0.253 e. The van der Waals surface area contributed by atoms with E-state index in [-0.39, 0.29) is 5.91 Å². The van der Waals surface area contributed by atoms with Crippen molar-refractivity contribution in [3.63, 3.8) is 0 Å². The normalized spacial score (nSPS) is 15.8. The third-order valence-electron chi connectivity index (χ3n) is 4.90. The summed E-state index contributed by atoms with van der Waals surface area (Å²) in [6.07, 6.45) is 1.74. The lowest BCUT2D eigenvalue weighted by molar-refractivity contribution is 0.0664. The van der Waals surface area contributed by atoms with Crippen molar-refractivity contribution in [1.82, 2.24) is 29.5 Å². The molecule has 2 aromatic heterocycles. The number of hydrogen-bond acceptors (Lipinski definition) is 6. The summed E-state index contributed by atoms with van der Waals surface area (Å²) in [6.45, 7) is 4.56. The monoisotopic (exact) mass is 354 g/mol. The average Bonchev–Trinajstić information content (AvgIpc) is 3.09. The van der Waals surface area contributed by atoms with Crippen molar-refractivity contribution in [1.29, 1.82) is 0 Å². The molecule has 0 atom stereocenters. The van der Waals surface area contributed by atoms with Crippen LogP contribution in [0.15, 0.2) is 24.5 Å². The van der Waals surface area contributed by atoms with Gasteiger partial charge in [0.2, 0.25) is 5.65 Å². The zero-order chi connectivity index (χ0) is 18.1. The number of ether oxygens (including phenoxy) is 1. The van der Waals surface area contributed by atoms with E-state index >= 15 is 0 Å². The molecule has 0 saturated carbocycles. The van der Waals surface area contributed by atoms with E-state index in [2.05, 4.69) is 27.1 Å². The van der Waals surface area contributed by atoms with E-state index < -0.39 is 0 Å². The van der Waals surface area contributed by atoms with Crippen LogP contribution in [0.3, 0.4) is 0 Å². The maximum atomic E-state index is 12.9. The number of carbonyl (C=O) groups excluding carboxylic acids is 1. The third kappa shape index (κ3) is 3.02. The van der Waals surface area contributed by atoms with E-state index in [1.54, 1.807) is 13.4 Å². The summed E-state index contributed by atoms with van der Waals surface area (Å²) in [5.74, 6) is 0.0629. The molecule has 1 aliphatic heterocycles. The molecule has 1 fully saturated rings. The van der Waals surface area contributed by atoms with Crippen molar-refractivity contribution in [2.24, 2.45) is 0 Å². The molecular weight excluding hydrogens is 332 g/mol. The number of imidazole rings is 1. The van der Waals surface area contributed by atoms with Crippen molar-refractivity contribution in [3.8, 4) is 0 Å². The van der Waals surface area contributed by atoms with Gasteiger partial charge >= 0.3 is 0 Å². The van der Waals surface area contributed by atoms with Crippen molar-refractivity contribution in [2.45, 2.75) is 6.54 Å². The van der Waals surface area contributed by atoms with Crippen LogP contribution >= 0.6 is 0 Å². The van der Waals surface area contributed by atoms with E-state index in [1.165, 1.54) is 0 Å². The van der Waals surface area contributed by atoms with Gasteiger partial charge in [-0.15, -0.1) is 10.2 Å². The molecule has 0 spiro atoms. The number of nitrogens with zero attached hydrogens (tertiary/aromatic N) is 6. The van der Waals surface area contributed by atoms with E-state index in [1.807, 2.05) is 27.7 Å². The van der Waals surface area contributed by atoms with Crippen LogP contribution < -0.4 is 0 Å². The number of benzene rings is 1. The number of aromatic nitrogens is 4. The van der Waals surface area contributed by atoms with E-state index in [0.29, 0.717) is 24.4 Å². The van der Waals surface area contributed by atoms with Crippen LogP contribution in [0.2, 0.25) is 0 Å². The predicted molar refractivity (Wildman–Crippen MR) is 98.1 cm³/mol. The minimum atomic E-state index is 0.0629. The summed E-state index contributed by atoms with van der Waals surface area (Å²) in [4.78, 5) is 21.4. The molecule has 3 aromatic rings. The Morgan fingerprint density at radius 2 is 2.00 bits per heavy atom. The first-order valence-corrected chi connectivity index (χ1v) is 8.75. The Kier molecular flexibility index (Phi) is 4.52. The molecule has 4 rings (SSSR count). The van der Waals surface area contributed by atoms with Crippen LogP contribution in [0.5, 0.6) is 0 Å². The van der Waals surface area contributed by atoms with Gasteiger partial charge in [0.15, 0.2) is 0 Å². The second-order valence-electron chi connectivity index (χ2n) is 6.63.